The molecular weight excluding hydrogens is 356 g/mol. The van der Waals surface area contributed by atoms with E-state index in [1.807, 2.05) is 24.6 Å². The first-order valence-electron chi connectivity index (χ1n) is 8.40. The summed E-state index contributed by atoms with van der Waals surface area (Å²) >= 11 is 3.43. The van der Waals surface area contributed by atoms with Gasteiger partial charge in [0.15, 0.2) is 0 Å². The Hall–Kier alpha value is -2.56. The molecule has 0 atom stereocenters. The third kappa shape index (κ3) is 3.39. The molecule has 26 heavy (non-hydrogen) atoms. The molecule has 0 amide bonds. The lowest BCUT2D eigenvalue weighted by molar-refractivity contribution is 1.51. The summed E-state index contributed by atoms with van der Waals surface area (Å²) in [6.45, 7) is 4.22. The van der Waals surface area contributed by atoms with E-state index in [1.54, 1.807) is 22.7 Å². The van der Waals surface area contributed by atoms with E-state index in [4.69, 9.17) is 9.98 Å². The van der Waals surface area contributed by atoms with Crippen molar-refractivity contribution < 1.29 is 0 Å². The van der Waals surface area contributed by atoms with Crippen LogP contribution >= 0.6 is 22.7 Å². The van der Waals surface area contributed by atoms with Crippen molar-refractivity contribution in [3.05, 3.63) is 80.2 Å². The molecule has 4 aromatic rings. The minimum atomic E-state index is 0.972. The van der Waals surface area contributed by atoms with Crippen LogP contribution in [0.1, 0.15) is 20.9 Å². The first-order valence-corrected chi connectivity index (χ1v) is 10.2. The van der Waals surface area contributed by atoms with E-state index in [-0.39, 0.29) is 0 Å². The van der Waals surface area contributed by atoms with Crippen molar-refractivity contribution in [2.24, 2.45) is 9.98 Å². The lowest BCUT2D eigenvalue weighted by atomic mass is 10.1. The third-order valence-corrected chi connectivity index (χ3v) is 6.23. The van der Waals surface area contributed by atoms with E-state index in [0.29, 0.717) is 0 Å². The Balaban J connectivity index is 1.73. The zero-order chi connectivity index (χ0) is 17.9. The van der Waals surface area contributed by atoms with Gasteiger partial charge < -0.3 is 0 Å². The molecule has 0 N–H and O–H groups in total. The zero-order valence-electron chi connectivity index (χ0n) is 14.6. The Morgan fingerprint density at radius 3 is 1.50 bits per heavy atom. The van der Waals surface area contributed by atoms with Gasteiger partial charge in [-0.2, -0.15) is 0 Å². The molecule has 2 nitrogen and oxygen atoms in total. The topological polar surface area (TPSA) is 24.7 Å². The maximum absolute atomic E-state index is 4.74. The summed E-state index contributed by atoms with van der Waals surface area (Å²) in [5.41, 5.74) is 4.46. The van der Waals surface area contributed by atoms with Gasteiger partial charge >= 0.3 is 0 Å². The normalized spacial score (nSPS) is 11.9. The predicted octanol–water partition coefficient (Wildman–Crippen LogP) is 7.08. The van der Waals surface area contributed by atoms with Gasteiger partial charge in [-0.25, -0.2) is 0 Å². The molecule has 0 aliphatic rings. The second-order valence-corrected chi connectivity index (χ2v) is 8.00. The number of hydrogen-bond acceptors (Lipinski definition) is 4. The highest BCUT2D eigenvalue weighted by Crippen LogP contribution is 2.33. The van der Waals surface area contributed by atoms with Crippen molar-refractivity contribution in [2.45, 2.75) is 13.8 Å². The van der Waals surface area contributed by atoms with Gasteiger partial charge in [0.25, 0.3) is 0 Å². The maximum Gasteiger partial charge on any atom is 0.0709 e. The molecule has 4 heteroatoms. The number of benzene rings is 2. The Bertz CT molecular complexity index is 1030. The van der Waals surface area contributed by atoms with Gasteiger partial charge in [-0.1, -0.05) is 24.3 Å². The van der Waals surface area contributed by atoms with Crippen LogP contribution in [0.2, 0.25) is 0 Å². The molecule has 0 aliphatic heterocycles. The van der Waals surface area contributed by atoms with Crippen molar-refractivity contribution in [3.8, 4) is 0 Å². The molecule has 2 heterocycles. The number of nitrogens with zero attached hydrogens (tertiary/aromatic N) is 2. The number of thiophene rings is 2. The molecule has 0 unspecified atom stereocenters. The summed E-state index contributed by atoms with van der Waals surface area (Å²) in [7, 11) is 0. The van der Waals surface area contributed by atoms with Crippen LogP contribution in [-0.4, -0.2) is 12.4 Å². The summed E-state index contributed by atoms with van der Waals surface area (Å²) in [6.07, 6.45) is 3.92. The predicted molar refractivity (Wildman–Crippen MR) is 117 cm³/mol. The number of aryl methyl sites for hydroxylation is 2. The highest BCUT2D eigenvalue weighted by atomic mass is 32.1. The summed E-state index contributed by atoms with van der Waals surface area (Å²) < 4.78 is 0. The Morgan fingerprint density at radius 2 is 1.12 bits per heavy atom. The molecule has 0 radical (unpaired) electrons. The molecule has 2 aromatic carbocycles. The van der Waals surface area contributed by atoms with Crippen LogP contribution in [0, 0.1) is 13.8 Å². The fraction of sp³-hybridized carbons (Fsp3) is 0.0909. The van der Waals surface area contributed by atoms with E-state index in [0.717, 1.165) is 22.1 Å². The second kappa shape index (κ2) is 7.36. The Kier molecular flexibility index (Phi) is 4.78. The molecule has 4 rings (SSSR count). The average Bonchev–Trinajstić information content (AvgIpc) is 3.26. The van der Waals surface area contributed by atoms with Crippen LogP contribution in [-0.2, 0) is 0 Å². The molecule has 0 bridgehead atoms. The number of hydrogen-bond donors (Lipinski definition) is 0. The van der Waals surface area contributed by atoms with Crippen molar-refractivity contribution in [1.29, 1.82) is 0 Å². The smallest absolute Gasteiger partial charge is 0.0709 e. The fourth-order valence-corrected chi connectivity index (χ4v) is 4.36. The molecule has 0 fully saturated rings. The quantitative estimate of drug-likeness (QED) is 0.341. The summed E-state index contributed by atoms with van der Waals surface area (Å²) in [5.74, 6) is 0. The minimum Gasteiger partial charge on any atom is -0.255 e. The van der Waals surface area contributed by atoms with Gasteiger partial charge in [-0.3, -0.25) is 9.98 Å². The molecule has 0 saturated carbocycles. The first-order chi connectivity index (χ1) is 12.7. The van der Waals surface area contributed by atoms with Crippen molar-refractivity contribution in [3.63, 3.8) is 0 Å². The Morgan fingerprint density at radius 1 is 0.654 bits per heavy atom. The van der Waals surface area contributed by atoms with Gasteiger partial charge in [-0.15, -0.1) is 22.7 Å². The van der Waals surface area contributed by atoms with Gasteiger partial charge in [0.1, 0.15) is 0 Å². The number of aliphatic imine (C=N–C) groups is 2. The summed E-state index contributed by atoms with van der Waals surface area (Å²) in [5, 5.41) is 6.43. The lowest BCUT2D eigenvalue weighted by Gasteiger charge is -2.05. The van der Waals surface area contributed by atoms with E-state index in [9.17, 15) is 0 Å². The van der Waals surface area contributed by atoms with E-state index in [2.05, 4.69) is 61.0 Å². The first kappa shape index (κ1) is 16.9. The molecule has 2 aromatic heterocycles. The third-order valence-electron chi connectivity index (χ3n) is 4.32. The standard InChI is InChI=1S/C22H18N2S2/c1-15-9-11-25-21(15)13-23-19-7-3-6-18-17(19)5-4-8-20(18)24-14-22-16(2)10-12-26-22/h3-14H,1-2H3. The van der Waals surface area contributed by atoms with Crippen LogP contribution in [0.3, 0.4) is 0 Å². The Labute approximate surface area is 161 Å². The molecule has 0 aliphatic carbocycles. The summed E-state index contributed by atoms with van der Waals surface area (Å²) in [4.78, 5) is 11.9. The van der Waals surface area contributed by atoms with Crippen molar-refractivity contribution in [1.82, 2.24) is 0 Å². The highest BCUT2D eigenvalue weighted by Gasteiger charge is 2.04. The fourth-order valence-electron chi connectivity index (χ4n) is 2.79. The molecule has 0 spiro atoms. The van der Waals surface area contributed by atoms with E-state index < -0.39 is 0 Å². The van der Waals surface area contributed by atoms with E-state index in [1.165, 1.54) is 20.9 Å². The molecule has 128 valence electrons. The van der Waals surface area contributed by atoms with Crippen molar-refractivity contribution >= 4 is 57.2 Å². The van der Waals surface area contributed by atoms with Gasteiger partial charge in [0, 0.05) is 33.0 Å². The number of rotatable bonds is 4. The van der Waals surface area contributed by atoms with Crippen molar-refractivity contribution in [2.75, 3.05) is 0 Å². The van der Waals surface area contributed by atoms with E-state index >= 15 is 0 Å². The maximum atomic E-state index is 4.74. The van der Waals surface area contributed by atoms with Crippen LogP contribution in [0.4, 0.5) is 11.4 Å². The lowest BCUT2D eigenvalue weighted by Crippen LogP contribution is -1.81. The zero-order valence-corrected chi connectivity index (χ0v) is 16.3. The molecule has 0 saturated heterocycles. The largest absolute Gasteiger partial charge is 0.255 e. The molecular formula is C22H18N2S2. The summed E-state index contributed by atoms with van der Waals surface area (Å²) in [6, 6.07) is 16.7. The van der Waals surface area contributed by atoms with Crippen LogP contribution in [0.25, 0.3) is 10.8 Å². The SMILES string of the molecule is Cc1ccsc1C=Nc1cccc2c(N=Cc3sccc3C)cccc12. The van der Waals surface area contributed by atoms with Gasteiger partial charge in [0.05, 0.1) is 11.4 Å². The number of fused-ring (bicyclic) bond motifs is 1. The van der Waals surface area contributed by atoms with Crippen LogP contribution in [0.15, 0.2) is 69.3 Å². The second-order valence-electron chi connectivity index (χ2n) is 6.10. The van der Waals surface area contributed by atoms with Gasteiger partial charge in [-0.05, 0) is 60.0 Å². The van der Waals surface area contributed by atoms with Crippen LogP contribution in [0.5, 0.6) is 0 Å². The highest BCUT2D eigenvalue weighted by molar-refractivity contribution is 7.12. The minimum absolute atomic E-state index is 0.972. The monoisotopic (exact) mass is 374 g/mol. The average molecular weight is 375 g/mol. The van der Waals surface area contributed by atoms with Gasteiger partial charge in [0.2, 0.25) is 0 Å². The van der Waals surface area contributed by atoms with Crippen LogP contribution < -0.4 is 0 Å².